The largest absolute Gasteiger partial charge is 0.349 e. The Balaban J connectivity index is 1.71. The Kier molecular flexibility index (Phi) is 6.93. The number of carbonyl (C=O) groups is 1. The van der Waals surface area contributed by atoms with Crippen molar-refractivity contribution in [1.82, 2.24) is 14.6 Å². The lowest BCUT2D eigenvalue weighted by Crippen LogP contribution is -2.28. The highest BCUT2D eigenvalue weighted by atomic mass is 32.2. The maximum absolute atomic E-state index is 12.7. The molecule has 6 nitrogen and oxygen atoms in total. The lowest BCUT2D eigenvalue weighted by molar-refractivity contribution is -0.121. The van der Waals surface area contributed by atoms with Gasteiger partial charge in [-0.25, -0.2) is 17.7 Å². The molecule has 1 N–H and O–H groups in total. The van der Waals surface area contributed by atoms with Crippen LogP contribution in [0.2, 0.25) is 0 Å². The van der Waals surface area contributed by atoms with Crippen LogP contribution in [0.25, 0.3) is 11.3 Å². The van der Waals surface area contributed by atoms with E-state index >= 15 is 0 Å². The van der Waals surface area contributed by atoms with E-state index < -0.39 is 10.0 Å². The zero-order chi connectivity index (χ0) is 22.8. The van der Waals surface area contributed by atoms with Crippen LogP contribution in [0.3, 0.4) is 0 Å². The van der Waals surface area contributed by atoms with Crippen molar-refractivity contribution in [3.05, 3.63) is 69.5 Å². The Morgan fingerprint density at radius 2 is 1.68 bits per heavy atom. The minimum absolute atomic E-state index is 0.102. The molecular formula is C23H27N3O3S2. The van der Waals surface area contributed by atoms with Gasteiger partial charge in [-0.2, -0.15) is 0 Å². The smallest absolute Gasteiger partial charge is 0.242 e. The van der Waals surface area contributed by atoms with Gasteiger partial charge < -0.3 is 5.32 Å². The highest BCUT2D eigenvalue weighted by Gasteiger charge is 2.19. The van der Waals surface area contributed by atoms with Crippen LogP contribution in [0.1, 0.15) is 34.0 Å². The van der Waals surface area contributed by atoms with E-state index in [4.69, 9.17) is 0 Å². The molecule has 0 spiro atoms. The lowest BCUT2D eigenvalue weighted by Gasteiger charge is -2.16. The molecule has 3 rings (SSSR count). The van der Waals surface area contributed by atoms with Crippen molar-refractivity contribution in [1.29, 1.82) is 0 Å². The summed E-state index contributed by atoms with van der Waals surface area (Å²) in [6.45, 7) is 5.86. The number of carbonyl (C=O) groups excluding carboxylic acids is 1. The predicted octanol–water partition coefficient (Wildman–Crippen LogP) is 4.10. The fourth-order valence-electron chi connectivity index (χ4n) is 3.19. The molecule has 8 heteroatoms. The summed E-state index contributed by atoms with van der Waals surface area (Å²) in [6, 6.07) is 14.5. The molecule has 1 heterocycles. The van der Waals surface area contributed by atoms with E-state index in [0.29, 0.717) is 0 Å². The Bertz CT molecular complexity index is 1170. The molecule has 0 saturated carbocycles. The lowest BCUT2D eigenvalue weighted by atomic mass is 10.1. The number of hydrogen-bond donors (Lipinski definition) is 1. The first-order valence-corrected chi connectivity index (χ1v) is 12.2. The second-order valence-corrected chi connectivity index (χ2v) is 11.1. The fraction of sp³-hybridized carbons (Fsp3) is 0.304. The zero-order valence-corrected chi connectivity index (χ0v) is 20.0. The average Bonchev–Trinajstić information content (AvgIpc) is 3.08. The first-order valence-electron chi connectivity index (χ1n) is 9.93. The van der Waals surface area contributed by atoms with Crippen LogP contribution >= 0.6 is 11.3 Å². The number of benzene rings is 2. The van der Waals surface area contributed by atoms with Gasteiger partial charge >= 0.3 is 0 Å². The number of nitrogens with zero attached hydrogens (tertiary/aromatic N) is 2. The van der Waals surface area contributed by atoms with Gasteiger partial charge in [0.15, 0.2) is 0 Å². The van der Waals surface area contributed by atoms with E-state index in [-0.39, 0.29) is 23.3 Å². The minimum atomic E-state index is -3.47. The number of amides is 1. The van der Waals surface area contributed by atoms with Gasteiger partial charge in [0.1, 0.15) is 0 Å². The highest BCUT2D eigenvalue weighted by molar-refractivity contribution is 7.89. The quantitative estimate of drug-likeness (QED) is 0.579. The summed E-state index contributed by atoms with van der Waals surface area (Å²) in [5.41, 5.74) is 3.87. The van der Waals surface area contributed by atoms with Crippen molar-refractivity contribution in [3.8, 4) is 11.3 Å². The molecule has 0 aliphatic rings. The number of aryl methyl sites for hydroxylation is 2. The van der Waals surface area contributed by atoms with Crippen LogP contribution in [-0.4, -0.2) is 37.7 Å². The van der Waals surface area contributed by atoms with Crippen molar-refractivity contribution in [2.75, 3.05) is 14.1 Å². The monoisotopic (exact) mass is 457 g/mol. The molecule has 1 atom stereocenters. The molecule has 164 valence electrons. The Hall–Kier alpha value is -2.55. The normalized spacial score (nSPS) is 12.7. The van der Waals surface area contributed by atoms with E-state index in [0.717, 1.165) is 26.7 Å². The maximum Gasteiger partial charge on any atom is 0.242 e. The molecule has 0 aliphatic carbocycles. The van der Waals surface area contributed by atoms with Gasteiger partial charge in [0, 0.05) is 24.5 Å². The summed E-state index contributed by atoms with van der Waals surface area (Å²) < 4.78 is 25.6. The fourth-order valence-corrected chi connectivity index (χ4v) is 5.05. The van der Waals surface area contributed by atoms with E-state index in [1.165, 1.54) is 35.3 Å². The third kappa shape index (κ3) is 5.39. The predicted molar refractivity (Wildman–Crippen MR) is 125 cm³/mol. The van der Waals surface area contributed by atoms with Gasteiger partial charge in [0.2, 0.25) is 15.9 Å². The molecule has 0 saturated heterocycles. The SMILES string of the molecule is Cc1ccc(-c2nc(C)sc2CC(=O)NC(C)c2ccc(S(=O)(=O)N(C)C)cc2)cc1. The Morgan fingerprint density at radius 3 is 2.26 bits per heavy atom. The second kappa shape index (κ2) is 9.30. The molecular weight excluding hydrogens is 430 g/mol. The average molecular weight is 458 g/mol. The van der Waals surface area contributed by atoms with Gasteiger partial charge in [-0.3, -0.25) is 4.79 Å². The summed E-state index contributed by atoms with van der Waals surface area (Å²) in [7, 11) is -0.478. The second-order valence-electron chi connectivity index (χ2n) is 7.69. The molecule has 1 unspecified atom stereocenters. The van der Waals surface area contributed by atoms with E-state index in [1.54, 1.807) is 24.3 Å². The molecule has 2 aromatic carbocycles. The Morgan fingerprint density at radius 1 is 1.06 bits per heavy atom. The number of sulfonamides is 1. The first kappa shape index (κ1) is 23.1. The van der Waals surface area contributed by atoms with Crippen molar-refractivity contribution >= 4 is 27.3 Å². The molecule has 0 fully saturated rings. The molecule has 0 bridgehead atoms. The maximum atomic E-state index is 12.7. The standard InChI is InChI=1S/C23H27N3O3S2/c1-15-6-8-19(9-7-15)23-21(30-17(3)25-23)14-22(27)24-16(2)18-10-12-20(13-11-18)31(28,29)26(4)5/h6-13,16H,14H2,1-5H3,(H,24,27). The number of thiazole rings is 1. The molecule has 3 aromatic rings. The topological polar surface area (TPSA) is 79.4 Å². The van der Waals surface area contributed by atoms with Gasteiger partial charge in [-0.15, -0.1) is 11.3 Å². The number of rotatable bonds is 7. The number of nitrogens with one attached hydrogen (secondary N) is 1. The summed E-state index contributed by atoms with van der Waals surface area (Å²) in [5, 5.41) is 3.92. The van der Waals surface area contributed by atoms with Crippen LogP contribution in [0.15, 0.2) is 53.4 Å². The summed E-state index contributed by atoms with van der Waals surface area (Å²) in [4.78, 5) is 18.5. The van der Waals surface area contributed by atoms with E-state index in [9.17, 15) is 13.2 Å². The zero-order valence-electron chi connectivity index (χ0n) is 18.3. The van der Waals surface area contributed by atoms with Gasteiger partial charge in [0.05, 0.1) is 28.1 Å². The van der Waals surface area contributed by atoms with Gasteiger partial charge in [0.25, 0.3) is 0 Å². The number of aromatic nitrogens is 1. The summed E-state index contributed by atoms with van der Waals surface area (Å²) in [5.74, 6) is -0.102. The third-order valence-electron chi connectivity index (χ3n) is 4.99. The molecule has 0 radical (unpaired) electrons. The van der Waals surface area contributed by atoms with Crippen LogP contribution in [0.4, 0.5) is 0 Å². The van der Waals surface area contributed by atoms with Crippen LogP contribution < -0.4 is 5.32 Å². The summed E-state index contributed by atoms with van der Waals surface area (Å²) in [6.07, 6.45) is 0.242. The van der Waals surface area contributed by atoms with Gasteiger partial charge in [-0.05, 0) is 38.5 Å². The Labute approximate surface area is 188 Å². The van der Waals surface area contributed by atoms with Crippen LogP contribution in [0.5, 0.6) is 0 Å². The van der Waals surface area contributed by atoms with Crippen molar-refractivity contribution in [2.45, 2.75) is 38.1 Å². The van der Waals surface area contributed by atoms with E-state index in [2.05, 4.69) is 10.3 Å². The summed E-state index contributed by atoms with van der Waals surface area (Å²) >= 11 is 1.53. The number of hydrogen-bond acceptors (Lipinski definition) is 5. The van der Waals surface area contributed by atoms with Crippen LogP contribution in [0, 0.1) is 13.8 Å². The highest BCUT2D eigenvalue weighted by Crippen LogP contribution is 2.29. The molecule has 1 aromatic heterocycles. The molecule has 0 aliphatic heterocycles. The van der Waals surface area contributed by atoms with Crippen molar-refractivity contribution < 1.29 is 13.2 Å². The molecule has 1 amide bonds. The van der Waals surface area contributed by atoms with Crippen LogP contribution in [-0.2, 0) is 21.2 Å². The minimum Gasteiger partial charge on any atom is -0.349 e. The van der Waals surface area contributed by atoms with Crippen molar-refractivity contribution in [3.63, 3.8) is 0 Å². The third-order valence-corrected chi connectivity index (χ3v) is 7.79. The first-order chi connectivity index (χ1) is 14.6. The van der Waals surface area contributed by atoms with Gasteiger partial charge in [-0.1, -0.05) is 42.0 Å². The molecule has 31 heavy (non-hydrogen) atoms. The van der Waals surface area contributed by atoms with E-state index in [1.807, 2.05) is 45.0 Å². The van der Waals surface area contributed by atoms with Crippen molar-refractivity contribution in [2.24, 2.45) is 0 Å².